The van der Waals surface area contributed by atoms with Gasteiger partial charge in [0.2, 0.25) is 5.91 Å². The van der Waals surface area contributed by atoms with Gasteiger partial charge in [-0.05, 0) is 30.7 Å². The minimum absolute atomic E-state index is 0.0233. The summed E-state index contributed by atoms with van der Waals surface area (Å²) in [7, 11) is 0. The highest BCUT2D eigenvalue weighted by Gasteiger charge is 2.38. The molecule has 24 heavy (non-hydrogen) atoms. The molecule has 2 atom stereocenters. The Bertz CT molecular complexity index is 615. The van der Waals surface area contributed by atoms with Crippen LogP contribution in [0.25, 0.3) is 0 Å². The summed E-state index contributed by atoms with van der Waals surface area (Å²) in [6.07, 6.45) is 2.80. The summed E-state index contributed by atoms with van der Waals surface area (Å²) >= 11 is 0. The summed E-state index contributed by atoms with van der Waals surface area (Å²) in [5.41, 5.74) is 1.35. The molecule has 1 aliphatic carbocycles. The second-order valence-corrected chi connectivity index (χ2v) is 6.98. The second-order valence-electron chi connectivity index (χ2n) is 6.98. The van der Waals surface area contributed by atoms with Gasteiger partial charge in [0.05, 0.1) is 12.1 Å². The van der Waals surface area contributed by atoms with Gasteiger partial charge in [0.15, 0.2) is 0 Å². The Morgan fingerprint density at radius 3 is 2.83 bits per heavy atom. The van der Waals surface area contributed by atoms with E-state index in [9.17, 15) is 9.59 Å². The van der Waals surface area contributed by atoms with E-state index >= 15 is 0 Å². The first-order chi connectivity index (χ1) is 11.7. The zero-order valence-corrected chi connectivity index (χ0v) is 13.6. The fourth-order valence-corrected chi connectivity index (χ4v) is 3.88. The first kappa shape index (κ1) is 15.4. The van der Waals surface area contributed by atoms with Gasteiger partial charge in [0.25, 0.3) is 0 Å². The Balaban J connectivity index is 1.26. The van der Waals surface area contributed by atoms with Crippen molar-refractivity contribution in [3.8, 4) is 0 Å². The average Bonchev–Trinajstić information content (AvgIpc) is 2.57. The molecule has 3 fully saturated rings. The smallest absolute Gasteiger partial charge is 0.317 e. The van der Waals surface area contributed by atoms with Crippen LogP contribution in [0, 0.1) is 0 Å². The van der Waals surface area contributed by atoms with Crippen LogP contribution in [0.5, 0.6) is 0 Å². The van der Waals surface area contributed by atoms with Gasteiger partial charge in [-0.1, -0.05) is 30.3 Å². The van der Waals surface area contributed by atoms with Crippen molar-refractivity contribution in [2.45, 2.75) is 43.4 Å². The first-order valence-electron chi connectivity index (χ1n) is 8.70. The summed E-state index contributed by atoms with van der Waals surface area (Å²) in [6, 6.07) is 10.6. The molecule has 2 N–H and O–H groups in total. The monoisotopic (exact) mass is 329 g/mol. The van der Waals surface area contributed by atoms with Crippen molar-refractivity contribution >= 4 is 11.9 Å². The molecule has 6 heteroatoms. The first-order valence-corrected chi connectivity index (χ1v) is 8.70. The molecule has 2 heterocycles. The SMILES string of the molecule is O=C1CO[C@@H]2CCN(C(=O)NC3CC(c4ccccc4)C3)C[C@H]2N1. The van der Waals surface area contributed by atoms with Crippen LogP contribution in [0.15, 0.2) is 30.3 Å². The van der Waals surface area contributed by atoms with E-state index < -0.39 is 0 Å². The Hall–Kier alpha value is -2.08. The van der Waals surface area contributed by atoms with Crippen LogP contribution >= 0.6 is 0 Å². The van der Waals surface area contributed by atoms with E-state index in [-0.39, 0.29) is 36.7 Å². The lowest BCUT2D eigenvalue weighted by Gasteiger charge is -2.42. The number of carbonyl (C=O) groups excluding carboxylic acids is 2. The van der Waals surface area contributed by atoms with Crippen molar-refractivity contribution in [2.24, 2.45) is 0 Å². The van der Waals surface area contributed by atoms with Gasteiger partial charge in [0, 0.05) is 19.1 Å². The molecule has 0 radical (unpaired) electrons. The fourth-order valence-electron chi connectivity index (χ4n) is 3.88. The number of urea groups is 1. The zero-order chi connectivity index (χ0) is 16.5. The van der Waals surface area contributed by atoms with E-state index in [0.717, 1.165) is 19.3 Å². The van der Waals surface area contributed by atoms with Crippen molar-refractivity contribution in [3.05, 3.63) is 35.9 Å². The van der Waals surface area contributed by atoms with Crippen molar-refractivity contribution in [3.63, 3.8) is 0 Å². The predicted molar refractivity (Wildman–Crippen MR) is 88.6 cm³/mol. The van der Waals surface area contributed by atoms with Crippen LogP contribution in [0.1, 0.15) is 30.7 Å². The average molecular weight is 329 g/mol. The number of nitrogens with one attached hydrogen (secondary N) is 2. The second kappa shape index (κ2) is 6.43. The number of rotatable bonds is 2. The standard InChI is InChI=1S/C18H23N3O3/c22-17-11-24-16-6-7-21(10-15(16)20-17)18(23)19-14-8-13(9-14)12-4-2-1-3-5-12/h1-5,13-16H,6-11H2,(H,19,23)(H,20,22)/t13?,14?,15-,16-/m1/s1. The van der Waals surface area contributed by atoms with E-state index in [4.69, 9.17) is 4.74 Å². The van der Waals surface area contributed by atoms with E-state index in [1.165, 1.54) is 5.56 Å². The molecule has 0 bridgehead atoms. The molecule has 0 aromatic heterocycles. The van der Waals surface area contributed by atoms with Crippen LogP contribution in [0.2, 0.25) is 0 Å². The van der Waals surface area contributed by atoms with Crippen LogP contribution < -0.4 is 10.6 Å². The van der Waals surface area contributed by atoms with Gasteiger partial charge in [-0.25, -0.2) is 4.79 Å². The molecule has 4 rings (SSSR count). The molecule has 0 spiro atoms. The number of hydrogen-bond donors (Lipinski definition) is 2. The number of nitrogens with zero attached hydrogens (tertiary/aromatic N) is 1. The maximum atomic E-state index is 12.5. The lowest BCUT2D eigenvalue weighted by Crippen LogP contribution is -2.62. The number of hydrogen-bond acceptors (Lipinski definition) is 3. The van der Waals surface area contributed by atoms with Crippen molar-refractivity contribution < 1.29 is 14.3 Å². The lowest BCUT2D eigenvalue weighted by atomic mass is 9.76. The Morgan fingerprint density at radius 1 is 1.25 bits per heavy atom. The molecule has 3 aliphatic rings. The molecular formula is C18H23N3O3. The zero-order valence-electron chi connectivity index (χ0n) is 13.6. The third kappa shape index (κ3) is 3.11. The van der Waals surface area contributed by atoms with Crippen LogP contribution in [0.3, 0.4) is 0 Å². The summed E-state index contributed by atoms with van der Waals surface area (Å²) in [4.78, 5) is 25.7. The highest BCUT2D eigenvalue weighted by Crippen LogP contribution is 2.36. The third-order valence-corrected chi connectivity index (χ3v) is 5.35. The van der Waals surface area contributed by atoms with Crippen molar-refractivity contribution in [1.29, 1.82) is 0 Å². The highest BCUT2D eigenvalue weighted by molar-refractivity contribution is 5.79. The summed E-state index contributed by atoms with van der Waals surface area (Å²) in [6.45, 7) is 1.34. The molecule has 6 nitrogen and oxygen atoms in total. The van der Waals surface area contributed by atoms with Crippen LogP contribution in [0.4, 0.5) is 4.79 Å². The molecule has 1 aromatic carbocycles. The van der Waals surface area contributed by atoms with Gasteiger partial charge < -0.3 is 20.3 Å². The van der Waals surface area contributed by atoms with Gasteiger partial charge in [-0.3, -0.25) is 4.79 Å². The van der Waals surface area contributed by atoms with E-state index in [2.05, 4.69) is 34.9 Å². The van der Waals surface area contributed by atoms with Crippen LogP contribution in [-0.4, -0.2) is 54.7 Å². The van der Waals surface area contributed by atoms with Crippen LogP contribution in [-0.2, 0) is 9.53 Å². The molecule has 3 amide bonds. The van der Waals surface area contributed by atoms with Gasteiger partial charge >= 0.3 is 6.03 Å². The van der Waals surface area contributed by atoms with Gasteiger partial charge in [-0.2, -0.15) is 0 Å². The lowest BCUT2D eigenvalue weighted by molar-refractivity contribution is -0.139. The number of morpholine rings is 1. The molecule has 2 saturated heterocycles. The number of carbonyl (C=O) groups is 2. The Morgan fingerprint density at radius 2 is 2.04 bits per heavy atom. The number of benzene rings is 1. The molecular weight excluding hydrogens is 306 g/mol. The van der Waals surface area contributed by atoms with Crippen molar-refractivity contribution in [2.75, 3.05) is 19.7 Å². The summed E-state index contributed by atoms with van der Waals surface area (Å²) in [5, 5.41) is 6.05. The predicted octanol–water partition coefficient (Wildman–Crippen LogP) is 1.23. The third-order valence-electron chi connectivity index (χ3n) is 5.35. The summed E-state index contributed by atoms with van der Waals surface area (Å²) in [5.74, 6) is 0.455. The number of amides is 3. The largest absolute Gasteiger partial charge is 0.366 e. The molecule has 1 saturated carbocycles. The number of ether oxygens (including phenoxy) is 1. The maximum Gasteiger partial charge on any atom is 0.317 e. The molecule has 0 unspecified atom stereocenters. The number of fused-ring (bicyclic) bond motifs is 1. The van der Waals surface area contributed by atoms with E-state index in [1.54, 1.807) is 4.90 Å². The van der Waals surface area contributed by atoms with Gasteiger partial charge in [-0.15, -0.1) is 0 Å². The quantitative estimate of drug-likeness (QED) is 0.857. The Kier molecular flexibility index (Phi) is 4.14. The van der Waals surface area contributed by atoms with Gasteiger partial charge in [0.1, 0.15) is 6.61 Å². The summed E-state index contributed by atoms with van der Waals surface area (Å²) < 4.78 is 5.53. The maximum absolute atomic E-state index is 12.5. The van der Waals surface area contributed by atoms with E-state index in [0.29, 0.717) is 19.0 Å². The normalized spacial score (nSPS) is 32.3. The Labute approximate surface area is 141 Å². The van der Waals surface area contributed by atoms with E-state index in [1.807, 2.05) is 6.07 Å². The highest BCUT2D eigenvalue weighted by atomic mass is 16.5. The number of likely N-dealkylation sites (tertiary alicyclic amines) is 1. The minimum atomic E-state index is -0.0943. The fraction of sp³-hybridized carbons (Fsp3) is 0.556. The molecule has 128 valence electrons. The number of piperidine rings is 1. The minimum Gasteiger partial charge on any atom is -0.366 e. The topological polar surface area (TPSA) is 70.7 Å². The van der Waals surface area contributed by atoms with Crippen molar-refractivity contribution in [1.82, 2.24) is 15.5 Å². The molecule has 1 aromatic rings. The molecule has 2 aliphatic heterocycles.